The van der Waals surface area contributed by atoms with Crippen LogP contribution in [-0.2, 0) is 19.6 Å². The van der Waals surface area contributed by atoms with E-state index in [0.717, 1.165) is 5.56 Å². The minimum absolute atomic E-state index is 0.0548. The molecule has 0 aliphatic carbocycles. The molecule has 0 unspecified atom stereocenters. The van der Waals surface area contributed by atoms with Gasteiger partial charge in [0.2, 0.25) is 10.0 Å². The van der Waals surface area contributed by atoms with Gasteiger partial charge in [0.05, 0.1) is 4.90 Å². The summed E-state index contributed by atoms with van der Waals surface area (Å²) in [5.74, 6) is -3.97. The summed E-state index contributed by atoms with van der Waals surface area (Å²) in [6, 6.07) is 5.02. The first kappa shape index (κ1) is 26.2. The molecule has 2 rings (SSSR count). The standard InChI is InChI=1S/C15H22N2O4S2.C2HF3O2/c1-11-3-5-12(6-4-11)23(20,21)16-13(14(18)19)15(22)7-9-17(2)10-8-15;3-2(4,5)1(6)7/h3-6,13,16,22H,7-10H2,1-2H3,(H,18,19);(H,6,7)/t13-;/m1./s1. The summed E-state index contributed by atoms with van der Waals surface area (Å²) in [5.41, 5.74) is 0.930. The summed E-state index contributed by atoms with van der Waals surface area (Å²) in [6.45, 7) is 3.21. The number of nitrogens with zero attached hydrogens (tertiary/aromatic N) is 1. The molecule has 13 heteroatoms. The first-order valence-electron chi connectivity index (χ1n) is 8.61. The summed E-state index contributed by atoms with van der Waals surface area (Å²) < 4.78 is 58.1. The number of piperidine rings is 1. The van der Waals surface area contributed by atoms with E-state index in [4.69, 9.17) is 9.90 Å². The number of alkyl halides is 3. The average molecular weight is 473 g/mol. The van der Waals surface area contributed by atoms with E-state index in [9.17, 15) is 31.5 Å². The largest absolute Gasteiger partial charge is 0.490 e. The number of nitrogens with one attached hydrogen (secondary N) is 1. The molecule has 0 amide bonds. The van der Waals surface area contributed by atoms with Crippen LogP contribution >= 0.6 is 12.6 Å². The van der Waals surface area contributed by atoms with E-state index < -0.39 is 38.9 Å². The predicted octanol–water partition coefficient (Wildman–Crippen LogP) is 1.75. The van der Waals surface area contributed by atoms with Crippen LogP contribution in [0.5, 0.6) is 0 Å². The van der Waals surface area contributed by atoms with Crippen LogP contribution in [-0.4, -0.2) is 72.6 Å². The maximum Gasteiger partial charge on any atom is 0.490 e. The first-order valence-corrected chi connectivity index (χ1v) is 10.5. The molecule has 1 saturated heterocycles. The molecular weight excluding hydrogens is 449 g/mol. The van der Waals surface area contributed by atoms with Gasteiger partial charge in [-0.05, 0) is 52.0 Å². The van der Waals surface area contributed by atoms with Crippen LogP contribution in [0.25, 0.3) is 0 Å². The topological polar surface area (TPSA) is 124 Å². The Kier molecular flexibility index (Phi) is 8.72. The number of aryl methyl sites for hydroxylation is 1. The molecule has 1 aliphatic rings. The lowest BCUT2D eigenvalue weighted by Gasteiger charge is -2.40. The molecule has 1 aromatic rings. The van der Waals surface area contributed by atoms with Crippen molar-refractivity contribution >= 4 is 34.6 Å². The van der Waals surface area contributed by atoms with E-state index in [-0.39, 0.29) is 4.90 Å². The minimum atomic E-state index is -5.08. The monoisotopic (exact) mass is 472 g/mol. The number of thiol groups is 1. The van der Waals surface area contributed by atoms with Gasteiger partial charge in [-0.3, -0.25) is 4.79 Å². The van der Waals surface area contributed by atoms with Crippen molar-refractivity contribution in [2.45, 2.75) is 41.6 Å². The van der Waals surface area contributed by atoms with Crippen LogP contribution in [0.15, 0.2) is 29.2 Å². The van der Waals surface area contributed by atoms with E-state index in [1.165, 1.54) is 12.1 Å². The number of sulfonamides is 1. The second kappa shape index (κ2) is 9.98. The maximum absolute atomic E-state index is 12.5. The number of halogens is 3. The average Bonchev–Trinajstić information content (AvgIpc) is 2.62. The third-order valence-electron chi connectivity index (χ3n) is 4.48. The number of likely N-dealkylation sites (tertiary alicyclic amines) is 1. The molecule has 8 nitrogen and oxygen atoms in total. The third-order valence-corrected chi connectivity index (χ3v) is 6.63. The predicted molar refractivity (Wildman–Crippen MR) is 105 cm³/mol. The smallest absolute Gasteiger partial charge is 0.480 e. The van der Waals surface area contributed by atoms with Crippen molar-refractivity contribution in [1.29, 1.82) is 0 Å². The lowest BCUT2D eigenvalue weighted by molar-refractivity contribution is -0.192. The van der Waals surface area contributed by atoms with Gasteiger partial charge < -0.3 is 15.1 Å². The molecule has 30 heavy (non-hydrogen) atoms. The molecule has 1 aliphatic heterocycles. The fourth-order valence-corrected chi connectivity index (χ4v) is 4.35. The highest BCUT2D eigenvalue weighted by Gasteiger charge is 2.44. The van der Waals surface area contributed by atoms with Crippen LogP contribution in [0.3, 0.4) is 0 Å². The molecule has 1 atom stereocenters. The third kappa shape index (κ3) is 7.45. The Morgan fingerprint density at radius 1 is 1.17 bits per heavy atom. The van der Waals surface area contributed by atoms with E-state index in [1.54, 1.807) is 12.1 Å². The number of carbonyl (C=O) groups is 2. The number of carboxylic acid groups (broad SMARTS) is 2. The number of aliphatic carboxylic acids is 2. The molecular formula is C17H23F3N2O6S2. The van der Waals surface area contributed by atoms with Gasteiger partial charge in [-0.1, -0.05) is 17.7 Å². The number of rotatable bonds is 5. The second-order valence-electron chi connectivity index (χ2n) is 6.92. The lowest BCUT2D eigenvalue weighted by Crippen LogP contribution is -2.57. The number of hydrogen-bond donors (Lipinski definition) is 4. The van der Waals surface area contributed by atoms with Crippen LogP contribution < -0.4 is 4.72 Å². The van der Waals surface area contributed by atoms with E-state index in [1.807, 2.05) is 14.0 Å². The van der Waals surface area contributed by atoms with Gasteiger partial charge in [-0.15, -0.1) is 0 Å². The Morgan fingerprint density at radius 2 is 1.60 bits per heavy atom. The Balaban J connectivity index is 0.000000553. The summed E-state index contributed by atoms with van der Waals surface area (Å²) >= 11 is 4.53. The second-order valence-corrected chi connectivity index (χ2v) is 9.52. The van der Waals surface area contributed by atoms with E-state index in [2.05, 4.69) is 22.3 Å². The molecule has 1 fully saturated rings. The highest BCUT2D eigenvalue weighted by atomic mass is 32.2. The van der Waals surface area contributed by atoms with Gasteiger partial charge in [0.15, 0.2) is 0 Å². The van der Waals surface area contributed by atoms with E-state index in [0.29, 0.717) is 25.9 Å². The van der Waals surface area contributed by atoms with Gasteiger partial charge in [0.1, 0.15) is 6.04 Å². The Labute approximate surface area is 177 Å². The molecule has 1 heterocycles. The SMILES string of the molecule is Cc1ccc(S(=O)(=O)N[C@H](C(=O)O)C2(S)CCN(C)CC2)cc1.O=C(O)C(F)(F)F. The van der Waals surface area contributed by atoms with Crippen molar-refractivity contribution in [2.75, 3.05) is 20.1 Å². The zero-order valence-electron chi connectivity index (χ0n) is 16.2. The summed E-state index contributed by atoms with van der Waals surface area (Å²) in [5, 5.41) is 16.6. The van der Waals surface area contributed by atoms with Crippen molar-refractivity contribution in [3.05, 3.63) is 29.8 Å². The van der Waals surface area contributed by atoms with Gasteiger partial charge in [0.25, 0.3) is 0 Å². The summed E-state index contributed by atoms with van der Waals surface area (Å²) in [6.07, 6.45) is -4.08. The fraction of sp³-hybridized carbons (Fsp3) is 0.529. The van der Waals surface area contributed by atoms with E-state index >= 15 is 0 Å². The molecule has 0 spiro atoms. The van der Waals surface area contributed by atoms with Gasteiger partial charge in [-0.25, -0.2) is 13.2 Å². The van der Waals surface area contributed by atoms with Crippen LogP contribution in [0, 0.1) is 6.92 Å². The van der Waals surface area contributed by atoms with Crippen LogP contribution in [0.2, 0.25) is 0 Å². The first-order chi connectivity index (χ1) is 13.6. The molecule has 1 aromatic carbocycles. The van der Waals surface area contributed by atoms with Crippen molar-refractivity contribution in [3.8, 4) is 0 Å². The zero-order valence-corrected chi connectivity index (χ0v) is 17.9. The number of hydrogen-bond acceptors (Lipinski definition) is 6. The summed E-state index contributed by atoms with van der Waals surface area (Å²) in [4.78, 5) is 22.7. The Morgan fingerprint density at radius 3 is 1.97 bits per heavy atom. The molecule has 0 saturated carbocycles. The Bertz CT molecular complexity index is 851. The van der Waals surface area contributed by atoms with Gasteiger partial charge in [0, 0.05) is 4.75 Å². The number of benzene rings is 1. The highest BCUT2D eigenvalue weighted by Crippen LogP contribution is 2.33. The molecule has 3 N–H and O–H groups in total. The number of carboxylic acids is 2. The van der Waals surface area contributed by atoms with Crippen LogP contribution in [0.1, 0.15) is 18.4 Å². The quantitative estimate of drug-likeness (QED) is 0.482. The van der Waals surface area contributed by atoms with Crippen LogP contribution in [0.4, 0.5) is 13.2 Å². The summed E-state index contributed by atoms with van der Waals surface area (Å²) in [7, 11) is -1.97. The fourth-order valence-electron chi connectivity index (χ4n) is 2.62. The molecule has 0 bridgehead atoms. The lowest BCUT2D eigenvalue weighted by atomic mass is 9.89. The zero-order chi connectivity index (χ0) is 23.3. The molecule has 0 aromatic heterocycles. The van der Waals surface area contributed by atoms with Gasteiger partial charge in [-0.2, -0.15) is 30.5 Å². The van der Waals surface area contributed by atoms with Crippen molar-refractivity contribution in [2.24, 2.45) is 0 Å². The van der Waals surface area contributed by atoms with Crippen molar-refractivity contribution < 1.29 is 41.4 Å². The minimum Gasteiger partial charge on any atom is -0.480 e. The van der Waals surface area contributed by atoms with Crippen molar-refractivity contribution in [1.82, 2.24) is 9.62 Å². The molecule has 170 valence electrons. The Hall–Kier alpha value is -1.83. The highest BCUT2D eigenvalue weighted by molar-refractivity contribution is 7.89. The normalized spacial score (nSPS) is 18.1. The van der Waals surface area contributed by atoms with Crippen molar-refractivity contribution in [3.63, 3.8) is 0 Å². The maximum atomic E-state index is 12.5. The van der Waals surface area contributed by atoms with Gasteiger partial charge >= 0.3 is 18.1 Å². The molecule has 0 radical (unpaired) electrons.